The summed E-state index contributed by atoms with van der Waals surface area (Å²) in [5.41, 5.74) is 5.78. The molecule has 0 fully saturated rings. The van der Waals surface area contributed by atoms with Crippen LogP contribution in [0, 0.1) is 11.3 Å². The van der Waals surface area contributed by atoms with E-state index in [4.69, 9.17) is 11.0 Å². The zero-order valence-corrected chi connectivity index (χ0v) is 8.43. The summed E-state index contributed by atoms with van der Waals surface area (Å²) in [5.74, 6) is -0.0967. The van der Waals surface area contributed by atoms with Gasteiger partial charge in [0.05, 0.1) is 12.7 Å². The predicted molar refractivity (Wildman–Crippen MR) is 54.4 cm³/mol. The maximum absolute atomic E-state index is 12.1. The van der Waals surface area contributed by atoms with Crippen molar-refractivity contribution in [3.05, 3.63) is 11.8 Å². The minimum absolute atomic E-state index is 0.0225. The lowest BCUT2D eigenvalue weighted by atomic mass is 10.4. The molecule has 2 aromatic rings. The number of nitrogens with one attached hydrogen (secondary N) is 1. The van der Waals surface area contributed by atoms with Crippen LogP contribution in [0.1, 0.15) is 5.56 Å². The lowest BCUT2D eigenvalue weighted by molar-refractivity contribution is 0.163. The Morgan fingerprint density at radius 2 is 2.29 bits per heavy atom. The van der Waals surface area contributed by atoms with Gasteiger partial charge in [-0.15, -0.1) is 0 Å². The molecular formula is C8H7F2N7. The van der Waals surface area contributed by atoms with Crippen LogP contribution in [-0.2, 0) is 0 Å². The molecule has 0 unspecified atom stereocenters. The monoisotopic (exact) mass is 239 g/mol. The Morgan fingerprint density at radius 1 is 1.53 bits per heavy atom. The van der Waals surface area contributed by atoms with E-state index in [0.29, 0.717) is 0 Å². The molecule has 7 nitrogen and oxygen atoms in total. The molecule has 2 rings (SSSR count). The fourth-order valence-corrected chi connectivity index (χ4v) is 1.26. The Labute approximate surface area is 93.9 Å². The van der Waals surface area contributed by atoms with Crippen LogP contribution >= 0.6 is 0 Å². The van der Waals surface area contributed by atoms with Crippen LogP contribution in [0.15, 0.2) is 6.20 Å². The summed E-state index contributed by atoms with van der Waals surface area (Å²) in [5, 5.41) is 15.0. The van der Waals surface area contributed by atoms with Gasteiger partial charge in [-0.1, -0.05) is 0 Å². The van der Waals surface area contributed by atoms with E-state index in [-0.39, 0.29) is 23.1 Å². The number of rotatable bonds is 3. The molecule has 0 saturated carbocycles. The van der Waals surface area contributed by atoms with Crippen molar-refractivity contribution in [3.8, 4) is 6.07 Å². The van der Waals surface area contributed by atoms with Gasteiger partial charge in [-0.2, -0.15) is 24.8 Å². The quantitative estimate of drug-likeness (QED) is 0.795. The predicted octanol–water partition coefficient (Wildman–Crippen LogP) is 0.255. The van der Waals surface area contributed by atoms with Crippen LogP contribution in [0.5, 0.6) is 0 Å². The molecule has 0 aliphatic heterocycles. The number of alkyl halides is 2. The third-order valence-electron chi connectivity index (χ3n) is 1.92. The van der Waals surface area contributed by atoms with Crippen molar-refractivity contribution in [2.75, 3.05) is 17.6 Å². The second-order valence-corrected chi connectivity index (χ2v) is 3.08. The number of nitrogens with two attached hydrogens (primary N) is 1. The maximum Gasteiger partial charge on any atom is 0.255 e. The highest BCUT2D eigenvalue weighted by molar-refractivity contribution is 5.58. The fraction of sp³-hybridized carbons (Fsp3) is 0.250. The minimum Gasteiger partial charge on any atom is -0.368 e. The first-order valence-corrected chi connectivity index (χ1v) is 4.55. The molecule has 0 bridgehead atoms. The number of fused-ring (bicyclic) bond motifs is 1. The van der Waals surface area contributed by atoms with Gasteiger partial charge in [0.15, 0.2) is 5.65 Å². The first-order valence-electron chi connectivity index (χ1n) is 4.55. The number of nitriles is 1. The molecule has 0 aliphatic carbocycles. The molecular weight excluding hydrogens is 232 g/mol. The average molecular weight is 239 g/mol. The van der Waals surface area contributed by atoms with Crippen molar-refractivity contribution in [1.82, 2.24) is 19.6 Å². The number of nitrogen functional groups attached to an aromatic ring is 1. The Hall–Kier alpha value is -2.50. The fourth-order valence-electron chi connectivity index (χ4n) is 1.26. The molecule has 0 saturated heterocycles. The summed E-state index contributed by atoms with van der Waals surface area (Å²) in [4.78, 5) is 7.55. The summed E-state index contributed by atoms with van der Waals surface area (Å²) in [6.45, 7) is -0.590. The van der Waals surface area contributed by atoms with E-state index >= 15 is 0 Å². The first-order chi connectivity index (χ1) is 8.11. The van der Waals surface area contributed by atoms with Crippen molar-refractivity contribution < 1.29 is 8.78 Å². The van der Waals surface area contributed by atoms with Gasteiger partial charge in [-0.05, 0) is 0 Å². The number of halogens is 2. The van der Waals surface area contributed by atoms with Crippen LogP contribution in [0.25, 0.3) is 5.65 Å². The SMILES string of the molecule is N#Cc1cnn2c(NCC(F)F)nc(N)nc12. The molecule has 0 amide bonds. The second-order valence-electron chi connectivity index (χ2n) is 3.08. The lowest BCUT2D eigenvalue weighted by Gasteiger charge is -2.06. The van der Waals surface area contributed by atoms with Crippen molar-refractivity contribution in [2.24, 2.45) is 0 Å². The van der Waals surface area contributed by atoms with E-state index in [2.05, 4.69) is 20.4 Å². The highest BCUT2D eigenvalue weighted by atomic mass is 19.3. The average Bonchev–Trinajstić information content (AvgIpc) is 2.68. The van der Waals surface area contributed by atoms with E-state index < -0.39 is 13.0 Å². The number of nitrogens with zero attached hydrogens (tertiary/aromatic N) is 5. The highest BCUT2D eigenvalue weighted by Crippen LogP contribution is 2.13. The Kier molecular flexibility index (Phi) is 2.70. The summed E-state index contributed by atoms with van der Waals surface area (Å²) in [6.07, 6.45) is -1.27. The summed E-state index contributed by atoms with van der Waals surface area (Å²) < 4.78 is 25.3. The third-order valence-corrected chi connectivity index (χ3v) is 1.92. The maximum atomic E-state index is 12.1. The molecule has 0 radical (unpaired) electrons. The normalized spacial score (nSPS) is 10.7. The van der Waals surface area contributed by atoms with Crippen molar-refractivity contribution >= 4 is 17.5 Å². The zero-order valence-electron chi connectivity index (χ0n) is 8.43. The second kappa shape index (κ2) is 4.17. The molecule has 2 heterocycles. The lowest BCUT2D eigenvalue weighted by Crippen LogP contribution is -2.16. The van der Waals surface area contributed by atoms with Crippen LogP contribution < -0.4 is 11.1 Å². The Morgan fingerprint density at radius 3 is 2.94 bits per heavy atom. The van der Waals surface area contributed by atoms with Crippen molar-refractivity contribution in [1.29, 1.82) is 5.26 Å². The van der Waals surface area contributed by atoms with Gasteiger partial charge in [-0.3, -0.25) is 0 Å². The molecule has 0 atom stereocenters. The molecule has 0 aromatic carbocycles. The smallest absolute Gasteiger partial charge is 0.255 e. The van der Waals surface area contributed by atoms with E-state index in [1.807, 2.05) is 6.07 Å². The van der Waals surface area contributed by atoms with E-state index in [9.17, 15) is 8.78 Å². The number of hydrogen-bond donors (Lipinski definition) is 2. The number of aromatic nitrogens is 4. The number of anilines is 2. The highest BCUT2D eigenvalue weighted by Gasteiger charge is 2.12. The van der Waals surface area contributed by atoms with Gasteiger partial charge in [-0.25, -0.2) is 8.78 Å². The largest absolute Gasteiger partial charge is 0.368 e. The molecule has 3 N–H and O–H groups in total. The summed E-state index contributed by atoms with van der Waals surface area (Å²) >= 11 is 0. The molecule has 0 spiro atoms. The third kappa shape index (κ3) is 2.05. The van der Waals surface area contributed by atoms with Gasteiger partial charge in [0.1, 0.15) is 11.6 Å². The van der Waals surface area contributed by atoms with Crippen molar-refractivity contribution in [2.45, 2.75) is 6.43 Å². The zero-order chi connectivity index (χ0) is 12.4. The van der Waals surface area contributed by atoms with Crippen LogP contribution in [0.2, 0.25) is 0 Å². The summed E-state index contributed by atoms with van der Waals surface area (Å²) in [6, 6.07) is 1.86. The molecule has 2 aromatic heterocycles. The van der Waals surface area contributed by atoms with Gasteiger partial charge >= 0.3 is 0 Å². The van der Waals surface area contributed by atoms with Gasteiger partial charge < -0.3 is 11.1 Å². The van der Waals surface area contributed by atoms with Crippen LogP contribution in [0.4, 0.5) is 20.7 Å². The topological polar surface area (TPSA) is 105 Å². The van der Waals surface area contributed by atoms with Crippen molar-refractivity contribution in [3.63, 3.8) is 0 Å². The molecule has 17 heavy (non-hydrogen) atoms. The van der Waals surface area contributed by atoms with Crippen LogP contribution in [-0.4, -0.2) is 32.6 Å². The van der Waals surface area contributed by atoms with Gasteiger partial charge in [0, 0.05) is 0 Å². The summed E-state index contributed by atoms with van der Waals surface area (Å²) in [7, 11) is 0. The Bertz CT molecular complexity index is 585. The first kappa shape index (κ1) is 11.0. The van der Waals surface area contributed by atoms with Crippen LogP contribution in [0.3, 0.4) is 0 Å². The number of hydrogen-bond acceptors (Lipinski definition) is 6. The van der Waals surface area contributed by atoms with E-state index in [1.54, 1.807) is 0 Å². The molecule has 88 valence electrons. The van der Waals surface area contributed by atoms with E-state index in [1.165, 1.54) is 6.20 Å². The van der Waals surface area contributed by atoms with E-state index in [0.717, 1.165) is 4.52 Å². The minimum atomic E-state index is -2.53. The van der Waals surface area contributed by atoms with Gasteiger partial charge in [0.2, 0.25) is 11.9 Å². The molecule has 0 aliphatic rings. The standard InChI is InChI=1S/C8H7F2N7/c9-5(10)3-13-8-16-7(12)15-6-4(1-11)2-14-17(6)8/h2,5H,3H2,(H3,12,13,15,16). The Balaban J connectivity index is 2.48. The molecule has 9 heteroatoms. The van der Waals surface area contributed by atoms with Gasteiger partial charge in [0.25, 0.3) is 6.43 Å².